The van der Waals surface area contributed by atoms with Gasteiger partial charge in [-0.15, -0.1) is 0 Å². The summed E-state index contributed by atoms with van der Waals surface area (Å²) in [6.45, 7) is 10.6. The van der Waals surface area contributed by atoms with Gasteiger partial charge in [-0.25, -0.2) is 0 Å². The average molecular weight is 423 g/mol. The Balaban J connectivity index is 1.44. The summed E-state index contributed by atoms with van der Waals surface area (Å²) in [5.74, 6) is 2.57. The molecule has 8 nitrogen and oxygen atoms in total. The number of ether oxygens (including phenoxy) is 3. The molecule has 0 aromatic carbocycles. The number of likely N-dealkylation sites (tertiary alicyclic amines) is 1. The molecule has 30 heavy (non-hydrogen) atoms. The molecule has 0 saturated carbocycles. The van der Waals surface area contributed by atoms with Gasteiger partial charge in [-0.1, -0.05) is 0 Å². The largest absolute Gasteiger partial charge is 0.469 e. The van der Waals surface area contributed by atoms with Gasteiger partial charge in [-0.05, 0) is 25.0 Å². The maximum absolute atomic E-state index is 5.74. The highest BCUT2D eigenvalue weighted by Gasteiger charge is 2.25. The topological polar surface area (TPSA) is 71.7 Å². The minimum absolute atomic E-state index is 0.548. The zero-order valence-corrected chi connectivity index (χ0v) is 18.4. The van der Waals surface area contributed by atoms with Gasteiger partial charge in [-0.2, -0.15) is 0 Å². The van der Waals surface area contributed by atoms with Crippen molar-refractivity contribution in [3.05, 3.63) is 24.2 Å². The van der Waals surface area contributed by atoms with Crippen molar-refractivity contribution in [1.82, 2.24) is 15.1 Å². The molecule has 2 aliphatic rings. The molecule has 1 aromatic rings. The van der Waals surface area contributed by atoms with E-state index < -0.39 is 0 Å². The van der Waals surface area contributed by atoms with Gasteiger partial charge >= 0.3 is 0 Å². The van der Waals surface area contributed by atoms with E-state index in [4.69, 9.17) is 23.6 Å². The van der Waals surface area contributed by atoms with Crippen LogP contribution in [-0.2, 0) is 20.6 Å². The Kier molecular flexibility index (Phi) is 10.5. The predicted octanol–water partition coefficient (Wildman–Crippen LogP) is 1.47. The van der Waals surface area contributed by atoms with Crippen LogP contribution in [0.4, 0.5) is 0 Å². The van der Waals surface area contributed by atoms with E-state index in [1.54, 1.807) is 13.4 Å². The molecule has 0 spiro atoms. The quantitative estimate of drug-likeness (QED) is 0.311. The van der Waals surface area contributed by atoms with Crippen LogP contribution in [0.2, 0.25) is 0 Å². The number of nitrogens with one attached hydrogen (secondary N) is 1. The van der Waals surface area contributed by atoms with Crippen LogP contribution in [0.3, 0.4) is 0 Å². The SMILES string of the molecule is COCCOCC1CCN(C(=NCCCN2CCOCC2)NCCc2ccco2)C1. The molecule has 0 bridgehead atoms. The van der Waals surface area contributed by atoms with Gasteiger partial charge in [0.15, 0.2) is 5.96 Å². The van der Waals surface area contributed by atoms with Gasteiger partial charge in [0, 0.05) is 65.3 Å². The van der Waals surface area contributed by atoms with Gasteiger partial charge < -0.3 is 28.8 Å². The van der Waals surface area contributed by atoms with E-state index in [1.165, 1.54) is 0 Å². The van der Waals surface area contributed by atoms with E-state index in [9.17, 15) is 0 Å². The molecule has 0 radical (unpaired) electrons. The molecule has 1 unspecified atom stereocenters. The minimum atomic E-state index is 0.548. The summed E-state index contributed by atoms with van der Waals surface area (Å²) in [5.41, 5.74) is 0. The third-order valence-corrected chi connectivity index (χ3v) is 5.60. The van der Waals surface area contributed by atoms with Crippen molar-refractivity contribution in [3.8, 4) is 0 Å². The maximum atomic E-state index is 5.74. The van der Waals surface area contributed by atoms with Gasteiger partial charge in [-0.3, -0.25) is 9.89 Å². The molecule has 1 aromatic heterocycles. The Bertz CT molecular complexity index is 590. The molecule has 0 aliphatic carbocycles. The molecule has 8 heteroatoms. The van der Waals surface area contributed by atoms with Gasteiger partial charge in [0.05, 0.1) is 39.3 Å². The van der Waals surface area contributed by atoms with Crippen LogP contribution in [0.1, 0.15) is 18.6 Å². The highest BCUT2D eigenvalue weighted by molar-refractivity contribution is 5.80. The molecule has 2 aliphatic heterocycles. The van der Waals surface area contributed by atoms with Crippen molar-refractivity contribution in [1.29, 1.82) is 0 Å². The van der Waals surface area contributed by atoms with E-state index in [0.717, 1.165) is 96.6 Å². The van der Waals surface area contributed by atoms with Crippen LogP contribution in [0.25, 0.3) is 0 Å². The number of nitrogens with zero attached hydrogens (tertiary/aromatic N) is 3. The zero-order chi connectivity index (χ0) is 20.9. The smallest absolute Gasteiger partial charge is 0.193 e. The van der Waals surface area contributed by atoms with Crippen molar-refractivity contribution in [3.63, 3.8) is 0 Å². The molecule has 3 rings (SSSR count). The van der Waals surface area contributed by atoms with Crippen molar-refractivity contribution in [2.24, 2.45) is 10.9 Å². The van der Waals surface area contributed by atoms with Crippen LogP contribution in [0.15, 0.2) is 27.8 Å². The molecule has 170 valence electrons. The number of hydrogen-bond acceptors (Lipinski definition) is 6. The second-order valence-corrected chi connectivity index (χ2v) is 7.94. The fourth-order valence-electron chi connectivity index (χ4n) is 3.88. The summed E-state index contributed by atoms with van der Waals surface area (Å²) in [6, 6.07) is 3.95. The van der Waals surface area contributed by atoms with E-state index >= 15 is 0 Å². The summed E-state index contributed by atoms with van der Waals surface area (Å²) in [7, 11) is 1.71. The van der Waals surface area contributed by atoms with E-state index in [2.05, 4.69) is 15.1 Å². The fraction of sp³-hybridized carbons (Fsp3) is 0.773. The average Bonchev–Trinajstić information content (AvgIpc) is 3.46. The first-order valence-electron chi connectivity index (χ1n) is 11.3. The van der Waals surface area contributed by atoms with Crippen molar-refractivity contribution >= 4 is 5.96 Å². The Hall–Kier alpha value is -1.61. The number of furan rings is 1. The van der Waals surface area contributed by atoms with E-state index in [0.29, 0.717) is 19.1 Å². The van der Waals surface area contributed by atoms with Gasteiger partial charge in [0.2, 0.25) is 0 Å². The molecule has 2 fully saturated rings. The zero-order valence-electron chi connectivity index (χ0n) is 18.4. The number of rotatable bonds is 12. The highest BCUT2D eigenvalue weighted by atomic mass is 16.5. The van der Waals surface area contributed by atoms with Crippen LogP contribution in [-0.4, -0.2) is 102 Å². The van der Waals surface area contributed by atoms with E-state index in [1.807, 2.05) is 12.1 Å². The number of hydrogen-bond donors (Lipinski definition) is 1. The number of morpholine rings is 1. The summed E-state index contributed by atoms with van der Waals surface area (Å²) in [5, 5.41) is 3.56. The monoisotopic (exact) mass is 422 g/mol. The Morgan fingerprint density at radius 3 is 2.97 bits per heavy atom. The lowest BCUT2D eigenvalue weighted by Gasteiger charge is -2.26. The lowest BCUT2D eigenvalue weighted by molar-refractivity contribution is 0.0377. The Morgan fingerprint density at radius 2 is 2.17 bits per heavy atom. The van der Waals surface area contributed by atoms with Crippen LogP contribution in [0, 0.1) is 5.92 Å². The third kappa shape index (κ3) is 8.26. The highest BCUT2D eigenvalue weighted by Crippen LogP contribution is 2.17. The normalized spacial score (nSPS) is 20.8. The van der Waals surface area contributed by atoms with Crippen LogP contribution < -0.4 is 5.32 Å². The maximum Gasteiger partial charge on any atom is 0.193 e. The molecular weight excluding hydrogens is 384 g/mol. The summed E-state index contributed by atoms with van der Waals surface area (Å²) in [6.07, 6.45) is 4.79. The molecule has 0 amide bonds. The van der Waals surface area contributed by atoms with Crippen molar-refractivity contribution in [2.45, 2.75) is 19.3 Å². The number of aliphatic imine (C=N–C) groups is 1. The van der Waals surface area contributed by atoms with Gasteiger partial charge in [0.1, 0.15) is 5.76 Å². The first-order chi connectivity index (χ1) is 14.8. The van der Waals surface area contributed by atoms with Crippen LogP contribution in [0.5, 0.6) is 0 Å². The standard InChI is InChI=1S/C22H38N4O4/c1-27-16-17-29-19-20-6-10-26(18-20)22(24-8-5-21-4-2-13-30-21)23-7-3-9-25-11-14-28-15-12-25/h2,4,13,20H,3,5-12,14-19H2,1H3,(H,23,24). The molecule has 2 saturated heterocycles. The Morgan fingerprint density at radius 1 is 1.27 bits per heavy atom. The van der Waals surface area contributed by atoms with Gasteiger partial charge in [0.25, 0.3) is 0 Å². The molecular formula is C22H38N4O4. The van der Waals surface area contributed by atoms with Crippen molar-refractivity contribution < 1.29 is 18.6 Å². The number of guanidine groups is 1. The van der Waals surface area contributed by atoms with Crippen LogP contribution >= 0.6 is 0 Å². The predicted molar refractivity (Wildman–Crippen MR) is 117 cm³/mol. The summed E-state index contributed by atoms with van der Waals surface area (Å²) >= 11 is 0. The Labute approximate surface area is 180 Å². The summed E-state index contributed by atoms with van der Waals surface area (Å²) < 4.78 is 21.7. The first-order valence-corrected chi connectivity index (χ1v) is 11.3. The second-order valence-electron chi connectivity index (χ2n) is 7.94. The fourth-order valence-corrected chi connectivity index (χ4v) is 3.88. The van der Waals surface area contributed by atoms with Crippen molar-refractivity contribution in [2.75, 3.05) is 86.0 Å². The molecule has 1 N–H and O–H groups in total. The lowest BCUT2D eigenvalue weighted by atomic mass is 10.1. The first kappa shape index (κ1) is 23.1. The lowest BCUT2D eigenvalue weighted by Crippen LogP contribution is -2.41. The molecule has 1 atom stereocenters. The molecule has 3 heterocycles. The second kappa shape index (κ2) is 13.6. The van der Waals surface area contributed by atoms with E-state index in [-0.39, 0.29) is 0 Å². The minimum Gasteiger partial charge on any atom is -0.469 e. The third-order valence-electron chi connectivity index (χ3n) is 5.60. The number of methoxy groups -OCH3 is 1. The summed E-state index contributed by atoms with van der Waals surface area (Å²) in [4.78, 5) is 9.78.